The number of ether oxygens (including phenoxy) is 1. The Kier molecular flexibility index (Phi) is 11.1. The summed E-state index contributed by atoms with van der Waals surface area (Å²) < 4.78 is 4.61. The van der Waals surface area contributed by atoms with Crippen molar-refractivity contribution >= 4 is 5.97 Å². The molecule has 2 unspecified atom stereocenters. The van der Waals surface area contributed by atoms with Crippen molar-refractivity contribution in [1.82, 2.24) is 0 Å². The van der Waals surface area contributed by atoms with Crippen LogP contribution < -0.4 is 0 Å². The van der Waals surface area contributed by atoms with Gasteiger partial charge in [0.25, 0.3) is 0 Å². The minimum absolute atomic E-state index is 0.284. The molecule has 0 bridgehead atoms. The fourth-order valence-corrected chi connectivity index (χ4v) is 2.19. The highest BCUT2D eigenvalue weighted by atomic mass is 16.5. The molecule has 116 valence electrons. The van der Waals surface area contributed by atoms with E-state index in [2.05, 4.69) is 31.6 Å². The Balaban J connectivity index is 4.05. The van der Waals surface area contributed by atoms with E-state index < -0.39 is 0 Å². The fraction of sp³-hybridized carbons (Fsp3) is 0.722. The van der Waals surface area contributed by atoms with E-state index in [0.717, 1.165) is 23.8 Å². The van der Waals surface area contributed by atoms with E-state index >= 15 is 0 Å². The molecule has 0 aliphatic heterocycles. The molecule has 20 heavy (non-hydrogen) atoms. The molecule has 0 aliphatic carbocycles. The largest absolute Gasteiger partial charge is 0.466 e. The van der Waals surface area contributed by atoms with E-state index in [4.69, 9.17) is 0 Å². The van der Waals surface area contributed by atoms with Gasteiger partial charge in [-0.15, -0.1) is 0 Å². The van der Waals surface area contributed by atoms with E-state index in [0.29, 0.717) is 0 Å². The summed E-state index contributed by atoms with van der Waals surface area (Å²) in [7, 11) is 1.40. The first-order valence-corrected chi connectivity index (χ1v) is 7.96. The average Bonchev–Trinajstić information content (AvgIpc) is 2.44. The van der Waals surface area contributed by atoms with Crippen molar-refractivity contribution < 1.29 is 9.53 Å². The monoisotopic (exact) mass is 280 g/mol. The van der Waals surface area contributed by atoms with Crippen LogP contribution in [0.15, 0.2) is 23.8 Å². The molecule has 0 aromatic rings. The highest BCUT2D eigenvalue weighted by molar-refractivity contribution is 5.83. The zero-order chi connectivity index (χ0) is 15.4. The number of hydrogen-bond acceptors (Lipinski definition) is 2. The van der Waals surface area contributed by atoms with Gasteiger partial charge < -0.3 is 4.74 Å². The Bertz CT molecular complexity index is 315. The van der Waals surface area contributed by atoms with Crippen LogP contribution in [0, 0.1) is 11.8 Å². The van der Waals surface area contributed by atoms with Gasteiger partial charge in [0.1, 0.15) is 0 Å². The molecule has 2 nitrogen and oxygen atoms in total. The number of carbonyl (C=O) groups is 1. The van der Waals surface area contributed by atoms with Gasteiger partial charge in [-0.2, -0.15) is 0 Å². The molecule has 0 aliphatic rings. The number of methoxy groups -OCH3 is 1. The van der Waals surface area contributed by atoms with Crippen LogP contribution >= 0.6 is 0 Å². The quantitative estimate of drug-likeness (QED) is 0.308. The van der Waals surface area contributed by atoms with Crippen molar-refractivity contribution in [3.8, 4) is 0 Å². The van der Waals surface area contributed by atoms with Gasteiger partial charge in [0.05, 0.1) is 7.11 Å². The van der Waals surface area contributed by atoms with Crippen molar-refractivity contribution in [3.05, 3.63) is 23.8 Å². The number of carbonyl (C=O) groups excluding carboxylic acids is 1. The molecule has 2 heteroatoms. The number of hydrogen-bond donors (Lipinski definition) is 0. The Labute approximate surface area is 125 Å². The zero-order valence-electron chi connectivity index (χ0n) is 13.9. The van der Waals surface area contributed by atoms with Crippen molar-refractivity contribution in [2.75, 3.05) is 7.11 Å². The lowest BCUT2D eigenvalue weighted by molar-refractivity contribution is -0.134. The highest BCUT2D eigenvalue weighted by Crippen LogP contribution is 2.20. The molecule has 0 fully saturated rings. The predicted molar refractivity (Wildman–Crippen MR) is 86.6 cm³/mol. The molecule has 0 aromatic carbocycles. The van der Waals surface area contributed by atoms with Gasteiger partial charge in [0, 0.05) is 6.08 Å². The molecule has 0 saturated heterocycles. The second kappa shape index (κ2) is 11.7. The van der Waals surface area contributed by atoms with Crippen molar-refractivity contribution in [1.29, 1.82) is 0 Å². The number of allylic oxidation sites excluding steroid dienone is 3. The van der Waals surface area contributed by atoms with Gasteiger partial charge in [-0.05, 0) is 30.8 Å². The minimum Gasteiger partial charge on any atom is -0.466 e. The summed E-state index contributed by atoms with van der Waals surface area (Å²) in [6, 6.07) is 0. The van der Waals surface area contributed by atoms with Crippen LogP contribution in [0.4, 0.5) is 0 Å². The third kappa shape index (κ3) is 9.82. The summed E-state index contributed by atoms with van der Waals surface area (Å²) in [6.07, 6.45) is 13.3. The lowest BCUT2D eigenvalue weighted by atomic mass is 9.92. The molecule has 0 aromatic heterocycles. The number of rotatable bonds is 10. The normalized spacial score (nSPS) is 15.3. The summed E-state index contributed by atoms with van der Waals surface area (Å²) in [6.45, 7) is 8.79. The molecule has 0 saturated carbocycles. The molecule has 0 heterocycles. The molecule has 2 atom stereocenters. The van der Waals surface area contributed by atoms with E-state index in [1.165, 1.54) is 45.3 Å². The summed E-state index contributed by atoms with van der Waals surface area (Å²) in [5.41, 5.74) is 0.950. The molecule has 0 radical (unpaired) electrons. The minimum atomic E-state index is -0.284. The zero-order valence-corrected chi connectivity index (χ0v) is 13.9. The molecular formula is C18H32O2. The summed E-state index contributed by atoms with van der Waals surface area (Å²) >= 11 is 0. The Morgan fingerprint density at radius 1 is 1.20 bits per heavy atom. The van der Waals surface area contributed by atoms with Gasteiger partial charge in [0.2, 0.25) is 0 Å². The lowest BCUT2D eigenvalue weighted by Gasteiger charge is -2.14. The summed E-state index contributed by atoms with van der Waals surface area (Å²) in [4.78, 5) is 11.1. The second-order valence-electron chi connectivity index (χ2n) is 5.77. The van der Waals surface area contributed by atoms with Gasteiger partial charge in [0.15, 0.2) is 0 Å². The maximum Gasteiger partial charge on any atom is 0.330 e. The van der Waals surface area contributed by atoms with Crippen LogP contribution in [-0.4, -0.2) is 13.1 Å². The molecule has 0 rings (SSSR count). The van der Waals surface area contributed by atoms with Crippen LogP contribution in [0.3, 0.4) is 0 Å². The summed E-state index contributed by atoms with van der Waals surface area (Å²) in [5.74, 6) is 1.34. The Morgan fingerprint density at radius 3 is 2.45 bits per heavy atom. The number of esters is 1. The molecular weight excluding hydrogens is 248 g/mol. The second-order valence-corrected chi connectivity index (χ2v) is 5.77. The smallest absolute Gasteiger partial charge is 0.330 e. The van der Waals surface area contributed by atoms with E-state index in [9.17, 15) is 4.79 Å². The van der Waals surface area contributed by atoms with Gasteiger partial charge >= 0.3 is 5.97 Å². The van der Waals surface area contributed by atoms with Gasteiger partial charge in [-0.1, -0.05) is 65.0 Å². The third-order valence-electron chi connectivity index (χ3n) is 3.98. The molecule has 0 spiro atoms. The van der Waals surface area contributed by atoms with Gasteiger partial charge in [-0.25, -0.2) is 4.79 Å². The predicted octanol–water partition coefficient (Wildman–Crippen LogP) is 5.29. The van der Waals surface area contributed by atoms with Crippen molar-refractivity contribution in [2.24, 2.45) is 11.8 Å². The average molecular weight is 280 g/mol. The first-order chi connectivity index (χ1) is 9.53. The highest BCUT2D eigenvalue weighted by Gasteiger charge is 2.06. The topological polar surface area (TPSA) is 26.3 Å². The molecule has 0 N–H and O–H groups in total. The van der Waals surface area contributed by atoms with E-state index in [1.54, 1.807) is 0 Å². The molecule has 0 amide bonds. The van der Waals surface area contributed by atoms with Crippen LogP contribution in [0.5, 0.6) is 0 Å². The fourth-order valence-electron chi connectivity index (χ4n) is 2.19. The van der Waals surface area contributed by atoms with Crippen LogP contribution in [0.25, 0.3) is 0 Å². The maximum atomic E-state index is 11.1. The van der Waals surface area contributed by atoms with Crippen molar-refractivity contribution in [2.45, 2.75) is 66.2 Å². The van der Waals surface area contributed by atoms with Gasteiger partial charge in [-0.3, -0.25) is 0 Å². The van der Waals surface area contributed by atoms with Crippen molar-refractivity contribution in [3.63, 3.8) is 0 Å². The Morgan fingerprint density at radius 2 is 1.90 bits per heavy atom. The Hall–Kier alpha value is -1.05. The SMILES string of the molecule is CCC(C)CCCC(CC)C/C=C/C(C)=C/C(=O)OC. The standard InChI is InChI=1S/C18H32O2/c1-6-15(3)10-8-12-17(7-2)13-9-11-16(4)14-18(19)20-5/h9,11,14-15,17H,6-8,10,12-13H2,1-5H3/b11-9+,16-14+. The maximum absolute atomic E-state index is 11.1. The van der Waals surface area contributed by atoms with Crippen LogP contribution in [0.2, 0.25) is 0 Å². The van der Waals surface area contributed by atoms with Crippen LogP contribution in [-0.2, 0) is 9.53 Å². The van der Waals surface area contributed by atoms with E-state index in [1.807, 2.05) is 13.0 Å². The van der Waals surface area contributed by atoms with E-state index in [-0.39, 0.29) is 5.97 Å². The first-order valence-electron chi connectivity index (χ1n) is 7.96. The van der Waals surface area contributed by atoms with Crippen LogP contribution in [0.1, 0.15) is 66.2 Å². The summed E-state index contributed by atoms with van der Waals surface area (Å²) in [5, 5.41) is 0. The lowest BCUT2D eigenvalue weighted by Crippen LogP contribution is -2.00. The third-order valence-corrected chi connectivity index (χ3v) is 3.98. The first kappa shape index (κ1) is 18.9.